The van der Waals surface area contributed by atoms with Crippen molar-refractivity contribution in [2.45, 2.75) is 20.0 Å². The zero-order valence-corrected chi connectivity index (χ0v) is 10.6. The molecule has 94 valence electrons. The largest absolute Gasteiger partial charge is 0.374 e. The van der Waals surface area contributed by atoms with Crippen LogP contribution in [0.4, 0.5) is 5.82 Å². The van der Waals surface area contributed by atoms with Crippen molar-refractivity contribution in [1.82, 2.24) is 9.88 Å². The maximum absolute atomic E-state index is 5.73. The van der Waals surface area contributed by atoms with Gasteiger partial charge in [0.05, 0.1) is 12.7 Å². The van der Waals surface area contributed by atoms with Crippen LogP contribution in [-0.4, -0.2) is 48.8 Å². The van der Waals surface area contributed by atoms with Gasteiger partial charge < -0.3 is 10.1 Å². The molecular formula is C13H21N3O. The fourth-order valence-corrected chi connectivity index (χ4v) is 2.05. The van der Waals surface area contributed by atoms with E-state index in [1.54, 1.807) is 0 Å². The number of hydrogen-bond donors (Lipinski definition) is 1. The van der Waals surface area contributed by atoms with E-state index < -0.39 is 0 Å². The molecule has 1 fully saturated rings. The highest BCUT2D eigenvalue weighted by Crippen LogP contribution is 2.08. The van der Waals surface area contributed by atoms with Crippen LogP contribution in [0.5, 0.6) is 0 Å². The van der Waals surface area contributed by atoms with Crippen LogP contribution in [0.25, 0.3) is 0 Å². The maximum atomic E-state index is 5.73. The predicted octanol–water partition coefficient (Wildman–Crippen LogP) is 1.52. The lowest BCUT2D eigenvalue weighted by atomic mass is 10.2. The van der Waals surface area contributed by atoms with Gasteiger partial charge in [-0.25, -0.2) is 4.98 Å². The Balaban J connectivity index is 1.81. The van der Waals surface area contributed by atoms with E-state index in [1.807, 2.05) is 25.1 Å². The molecule has 0 amide bonds. The van der Waals surface area contributed by atoms with E-state index in [4.69, 9.17) is 4.74 Å². The van der Waals surface area contributed by atoms with Crippen LogP contribution in [0.3, 0.4) is 0 Å². The summed E-state index contributed by atoms with van der Waals surface area (Å²) in [7, 11) is 0. The van der Waals surface area contributed by atoms with Gasteiger partial charge in [-0.3, -0.25) is 4.90 Å². The summed E-state index contributed by atoms with van der Waals surface area (Å²) in [5.74, 6) is 0.933. The molecule has 4 heteroatoms. The molecule has 1 aliphatic heterocycles. The molecule has 0 spiro atoms. The summed E-state index contributed by atoms with van der Waals surface area (Å²) in [5, 5.41) is 3.34. The normalized spacial score (nSPS) is 21.4. The van der Waals surface area contributed by atoms with Crippen molar-refractivity contribution >= 4 is 5.82 Å². The molecule has 0 aromatic carbocycles. The lowest BCUT2D eigenvalue weighted by Crippen LogP contribution is -2.45. The zero-order valence-electron chi connectivity index (χ0n) is 10.6. The molecule has 1 aromatic heterocycles. The van der Waals surface area contributed by atoms with Crippen molar-refractivity contribution in [1.29, 1.82) is 0 Å². The lowest BCUT2D eigenvalue weighted by molar-refractivity contribution is -0.0192. The number of ether oxygens (including phenoxy) is 1. The second kappa shape index (κ2) is 5.98. The highest BCUT2D eigenvalue weighted by atomic mass is 16.5. The first-order valence-corrected chi connectivity index (χ1v) is 6.29. The molecular weight excluding hydrogens is 214 g/mol. The van der Waals surface area contributed by atoms with Crippen LogP contribution in [0.1, 0.15) is 12.6 Å². The van der Waals surface area contributed by atoms with Gasteiger partial charge in [0.2, 0.25) is 0 Å². The number of aryl methyl sites for hydroxylation is 1. The van der Waals surface area contributed by atoms with Crippen molar-refractivity contribution in [2.75, 3.05) is 38.1 Å². The average Bonchev–Trinajstić information content (AvgIpc) is 2.37. The van der Waals surface area contributed by atoms with Crippen LogP contribution >= 0.6 is 0 Å². The number of aromatic nitrogens is 1. The molecule has 17 heavy (non-hydrogen) atoms. The smallest absolute Gasteiger partial charge is 0.126 e. The van der Waals surface area contributed by atoms with Gasteiger partial charge in [-0.05, 0) is 25.6 Å². The Morgan fingerprint density at radius 2 is 2.41 bits per heavy atom. The number of nitrogens with zero attached hydrogens (tertiary/aromatic N) is 2. The Hall–Kier alpha value is -1.13. The summed E-state index contributed by atoms with van der Waals surface area (Å²) in [6.07, 6.45) is 0.269. The third kappa shape index (κ3) is 3.68. The summed E-state index contributed by atoms with van der Waals surface area (Å²) in [4.78, 5) is 6.83. The van der Waals surface area contributed by atoms with Gasteiger partial charge in [0, 0.05) is 25.3 Å². The Bertz CT molecular complexity index is 356. The number of likely N-dealkylation sites (N-methyl/N-ethyl adjacent to an activating group) is 1. The first-order valence-electron chi connectivity index (χ1n) is 6.29. The Morgan fingerprint density at radius 1 is 1.53 bits per heavy atom. The quantitative estimate of drug-likeness (QED) is 0.858. The van der Waals surface area contributed by atoms with Crippen molar-refractivity contribution in [3.05, 3.63) is 23.9 Å². The minimum atomic E-state index is 0.269. The fourth-order valence-electron chi connectivity index (χ4n) is 2.05. The van der Waals surface area contributed by atoms with Crippen molar-refractivity contribution in [3.63, 3.8) is 0 Å². The molecule has 2 rings (SSSR count). The molecule has 1 unspecified atom stereocenters. The van der Waals surface area contributed by atoms with Gasteiger partial charge >= 0.3 is 0 Å². The number of nitrogens with one attached hydrogen (secondary N) is 1. The molecule has 1 atom stereocenters. The minimum Gasteiger partial charge on any atom is -0.374 e. The number of anilines is 1. The van der Waals surface area contributed by atoms with E-state index >= 15 is 0 Å². The first-order chi connectivity index (χ1) is 8.28. The molecule has 1 saturated heterocycles. The molecule has 0 saturated carbocycles. The van der Waals surface area contributed by atoms with Crippen LogP contribution in [-0.2, 0) is 4.74 Å². The summed E-state index contributed by atoms with van der Waals surface area (Å²) >= 11 is 0. The van der Waals surface area contributed by atoms with Gasteiger partial charge in [0.15, 0.2) is 0 Å². The molecule has 0 radical (unpaired) electrons. The van der Waals surface area contributed by atoms with Crippen LogP contribution in [0.15, 0.2) is 18.2 Å². The number of rotatable bonds is 4. The Labute approximate surface area is 103 Å². The third-order valence-electron chi connectivity index (χ3n) is 3.07. The summed E-state index contributed by atoms with van der Waals surface area (Å²) in [6, 6.07) is 6.01. The zero-order chi connectivity index (χ0) is 12.1. The van der Waals surface area contributed by atoms with Gasteiger partial charge in [-0.1, -0.05) is 13.0 Å². The number of pyridine rings is 1. The molecule has 1 aromatic rings. The first kappa shape index (κ1) is 12.3. The van der Waals surface area contributed by atoms with E-state index in [-0.39, 0.29) is 6.10 Å². The third-order valence-corrected chi connectivity index (χ3v) is 3.07. The van der Waals surface area contributed by atoms with Gasteiger partial charge in [0.25, 0.3) is 0 Å². The molecule has 1 N–H and O–H groups in total. The standard InChI is InChI=1S/C13H21N3O/c1-3-16-7-8-17-12(10-16)9-14-13-6-4-5-11(2)15-13/h4-6,12H,3,7-10H2,1-2H3,(H,14,15). The summed E-state index contributed by atoms with van der Waals surface area (Å²) < 4.78 is 5.73. The van der Waals surface area contributed by atoms with Crippen molar-refractivity contribution < 1.29 is 4.74 Å². The SMILES string of the molecule is CCN1CCOC(CNc2cccc(C)n2)C1. The van der Waals surface area contributed by atoms with Crippen LogP contribution in [0, 0.1) is 6.92 Å². The van der Waals surface area contributed by atoms with Gasteiger partial charge in [-0.2, -0.15) is 0 Å². The second-order valence-electron chi connectivity index (χ2n) is 4.43. The van der Waals surface area contributed by atoms with E-state index in [0.29, 0.717) is 0 Å². The monoisotopic (exact) mass is 235 g/mol. The minimum absolute atomic E-state index is 0.269. The molecule has 1 aliphatic rings. The summed E-state index contributed by atoms with van der Waals surface area (Å²) in [6.45, 7) is 9.01. The Morgan fingerprint density at radius 3 is 3.18 bits per heavy atom. The lowest BCUT2D eigenvalue weighted by Gasteiger charge is -2.32. The molecule has 2 heterocycles. The number of morpholine rings is 1. The van der Waals surface area contributed by atoms with E-state index in [1.165, 1.54) is 0 Å². The summed E-state index contributed by atoms with van der Waals surface area (Å²) in [5.41, 5.74) is 1.04. The van der Waals surface area contributed by atoms with E-state index in [2.05, 4.69) is 22.1 Å². The van der Waals surface area contributed by atoms with Crippen LogP contribution < -0.4 is 5.32 Å². The molecule has 0 aliphatic carbocycles. The molecule has 4 nitrogen and oxygen atoms in total. The highest BCUT2D eigenvalue weighted by Gasteiger charge is 2.18. The van der Waals surface area contributed by atoms with E-state index in [9.17, 15) is 0 Å². The molecule has 0 bridgehead atoms. The highest BCUT2D eigenvalue weighted by molar-refractivity contribution is 5.35. The van der Waals surface area contributed by atoms with Gasteiger partial charge in [-0.15, -0.1) is 0 Å². The van der Waals surface area contributed by atoms with Crippen LogP contribution in [0.2, 0.25) is 0 Å². The van der Waals surface area contributed by atoms with E-state index in [0.717, 1.165) is 44.3 Å². The predicted molar refractivity (Wildman–Crippen MR) is 69.3 cm³/mol. The fraction of sp³-hybridized carbons (Fsp3) is 0.615. The van der Waals surface area contributed by atoms with Gasteiger partial charge in [0.1, 0.15) is 5.82 Å². The second-order valence-corrected chi connectivity index (χ2v) is 4.43. The number of hydrogen-bond acceptors (Lipinski definition) is 4. The topological polar surface area (TPSA) is 37.4 Å². The maximum Gasteiger partial charge on any atom is 0.126 e. The average molecular weight is 235 g/mol. The van der Waals surface area contributed by atoms with Crippen molar-refractivity contribution in [2.24, 2.45) is 0 Å². The Kier molecular flexibility index (Phi) is 4.34. The van der Waals surface area contributed by atoms with Crippen molar-refractivity contribution in [3.8, 4) is 0 Å².